The van der Waals surface area contributed by atoms with Crippen molar-refractivity contribution in [3.63, 3.8) is 0 Å². The van der Waals surface area contributed by atoms with E-state index < -0.39 is 27.9 Å². The van der Waals surface area contributed by atoms with Crippen LogP contribution in [-0.4, -0.2) is 32.8 Å². The zero-order chi connectivity index (χ0) is 18.2. The first kappa shape index (κ1) is 20.4. The van der Waals surface area contributed by atoms with Gasteiger partial charge in [-0.1, -0.05) is 18.2 Å². The molecule has 0 aliphatic carbocycles. The molecule has 1 aromatic rings. The molecule has 0 aromatic heterocycles. The standard InChI is InChI=1S/C17H27NO5S/c1-14(23-24(20,21)15-11-6-5-7-12-15)10-8-9-13-18-16(19)22-17(2,3)4/h5-7,11-12,14H,8-10,13H2,1-4H3,(H,18,19). The van der Waals surface area contributed by atoms with Crippen molar-refractivity contribution >= 4 is 16.2 Å². The molecule has 0 aliphatic heterocycles. The summed E-state index contributed by atoms with van der Waals surface area (Å²) >= 11 is 0. The van der Waals surface area contributed by atoms with E-state index in [0.29, 0.717) is 13.0 Å². The third-order valence-corrected chi connectivity index (χ3v) is 4.46. The highest BCUT2D eigenvalue weighted by Gasteiger charge is 2.18. The summed E-state index contributed by atoms with van der Waals surface area (Å²) in [6.07, 6.45) is 1.18. The predicted octanol–water partition coefficient (Wildman–Crippen LogP) is 3.48. The largest absolute Gasteiger partial charge is 0.444 e. The lowest BCUT2D eigenvalue weighted by molar-refractivity contribution is 0.0527. The van der Waals surface area contributed by atoms with Crippen LogP contribution >= 0.6 is 0 Å². The number of alkyl carbamates (subject to hydrolysis) is 1. The molecule has 0 radical (unpaired) electrons. The van der Waals surface area contributed by atoms with Crippen LogP contribution in [0.5, 0.6) is 0 Å². The highest BCUT2D eigenvalue weighted by molar-refractivity contribution is 7.86. The van der Waals surface area contributed by atoms with Crippen LogP contribution in [-0.2, 0) is 19.0 Å². The quantitative estimate of drug-likeness (QED) is 0.569. The number of hydrogen-bond donors (Lipinski definition) is 1. The summed E-state index contributed by atoms with van der Waals surface area (Å²) in [6.45, 7) is 7.62. The topological polar surface area (TPSA) is 81.7 Å². The molecule has 1 aromatic carbocycles. The van der Waals surface area contributed by atoms with Crippen molar-refractivity contribution in [2.45, 2.75) is 63.6 Å². The minimum atomic E-state index is -3.73. The highest BCUT2D eigenvalue weighted by Crippen LogP contribution is 2.16. The minimum absolute atomic E-state index is 0.156. The Morgan fingerprint density at radius 3 is 2.38 bits per heavy atom. The van der Waals surface area contributed by atoms with E-state index in [4.69, 9.17) is 8.92 Å². The third-order valence-electron chi connectivity index (χ3n) is 3.03. The molecule has 1 amide bonds. The summed E-state index contributed by atoms with van der Waals surface area (Å²) < 4.78 is 34.4. The zero-order valence-electron chi connectivity index (χ0n) is 14.7. The van der Waals surface area contributed by atoms with Gasteiger partial charge in [-0.3, -0.25) is 4.18 Å². The minimum Gasteiger partial charge on any atom is -0.444 e. The average molecular weight is 357 g/mol. The predicted molar refractivity (Wildman–Crippen MR) is 92.3 cm³/mol. The number of carbonyl (C=O) groups is 1. The molecule has 0 heterocycles. The summed E-state index contributed by atoms with van der Waals surface area (Å²) in [5, 5.41) is 2.67. The molecule has 1 unspecified atom stereocenters. The third kappa shape index (κ3) is 8.31. The molecule has 136 valence electrons. The molecule has 1 N–H and O–H groups in total. The molecule has 0 bridgehead atoms. The number of carbonyl (C=O) groups excluding carboxylic acids is 1. The molecule has 7 heteroatoms. The molecule has 0 saturated heterocycles. The van der Waals surface area contributed by atoms with Crippen molar-refractivity contribution < 1.29 is 22.1 Å². The van der Waals surface area contributed by atoms with Crippen molar-refractivity contribution in [2.75, 3.05) is 6.54 Å². The number of ether oxygens (including phenoxy) is 1. The van der Waals surface area contributed by atoms with Crippen LogP contribution < -0.4 is 5.32 Å². The van der Waals surface area contributed by atoms with Gasteiger partial charge in [-0.15, -0.1) is 0 Å². The fourth-order valence-corrected chi connectivity index (χ4v) is 3.10. The Balaban J connectivity index is 2.25. The maximum atomic E-state index is 12.1. The van der Waals surface area contributed by atoms with Gasteiger partial charge in [0.25, 0.3) is 10.1 Å². The van der Waals surface area contributed by atoms with E-state index in [0.717, 1.165) is 12.8 Å². The van der Waals surface area contributed by atoms with Crippen LogP contribution in [0.2, 0.25) is 0 Å². The van der Waals surface area contributed by atoms with E-state index in [1.165, 1.54) is 12.1 Å². The molecule has 24 heavy (non-hydrogen) atoms. The lowest BCUT2D eigenvalue weighted by Crippen LogP contribution is -2.33. The van der Waals surface area contributed by atoms with E-state index in [1.54, 1.807) is 45.9 Å². The van der Waals surface area contributed by atoms with Gasteiger partial charge >= 0.3 is 6.09 Å². The summed E-state index contributed by atoms with van der Waals surface area (Å²) in [6, 6.07) is 8.08. The van der Waals surface area contributed by atoms with Gasteiger partial charge in [0, 0.05) is 6.54 Å². The monoisotopic (exact) mass is 357 g/mol. The second kappa shape index (κ2) is 9.03. The number of amides is 1. The van der Waals surface area contributed by atoms with E-state index in [2.05, 4.69) is 5.32 Å². The van der Waals surface area contributed by atoms with Gasteiger partial charge in [0.1, 0.15) is 5.60 Å². The number of unbranched alkanes of at least 4 members (excludes halogenated alkanes) is 1. The Morgan fingerprint density at radius 1 is 1.17 bits per heavy atom. The normalized spacial score (nSPS) is 13.3. The Bertz CT molecular complexity index is 608. The van der Waals surface area contributed by atoms with E-state index in [9.17, 15) is 13.2 Å². The van der Waals surface area contributed by atoms with Gasteiger partial charge in [0.15, 0.2) is 0 Å². The van der Waals surface area contributed by atoms with Gasteiger partial charge in [0.05, 0.1) is 11.0 Å². The van der Waals surface area contributed by atoms with Gasteiger partial charge in [0.2, 0.25) is 0 Å². The second-order valence-corrected chi connectivity index (χ2v) is 8.17. The Labute approximate surface area is 144 Å². The van der Waals surface area contributed by atoms with Crippen molar-refractivity contribution in [1.29, 1.82) is 0 Å². The van der Waals surface area contributed by atoms with E-state index >= 15 is 0 Å². The number of nitrogens with one attached hydrogen (secondary N) is 1. The van der Waals surface area contributed by atoms with Crippen LogP contribution in [0, 0.1) is 0 Å². The van der Waals surface area contributed by atoms with Gasteiger partial charge in [-0.05, 0) is 59.1 Å². The Kier molecular flexibility index (Phi) is 7.69. The summed E-state index contributed by atoms with van der Waals surface area (Å²) in [5.74, 6) is 0. The molecule has 0 saturated carbocycles. The molecular formula is C17H27NO5S. The Hall–Kier alpha value is -1.60. The first-order chi connectivity index (χ1) is 11.1. The SMILES string of the molecule is CC(CCCCNC(=O)OC(C)(C)C)OS(=O)(=O)c1ccccc1. The molecule has 0 fully saturated rings. The number of hydrogen-bond acceptors (Lipinski definition) is 5. The zero-order valence-corrected chi connectivity index (χ0v) is 15.6. The molecule has 0 spiro atoms. The lowest BCUT2D eigenvalue weighted by atomic mass is 10.2. The van der Waals surface area contributed by atoms with Crippen LogP contribution in [0.4, 0.5) is 4.79 Å². The summed E-state index contributed by atoms with van der Waals surface area (Å²) in [4.78, 5) is 11.6. The summed E-state index contributed by atoms with van der Waals surface area (Å²) in [5.41, 5.74) is -0.516. The molecule has 1 rings (SSSR count). The molecule has 6 nitrogen and oxygen atoms in total. The van der Waals surface area contributed by atoms with E-state index in [1.807, 2.05) is 0 Å². The number of benzene rings is 1. The van der Waals surface area contributed by atoms with Crippen molar-refractivity contribution in [2.24, 2.45) is 0 Å². The van der Waals surface area contributed by atoms with Crippen molar-refractivity contribution in [3.8, 4) is 0 Å². The molecule has 0 aliphatic rings. The smallest absolute Gasteiger partial charge is 0.407 e. The van der Waals surface area contributed by atoms with Crippen LogP contribution in [0.1, 0.15) is 47.0 Å². The van der Waals surface area contributed by atoms with Crippen LogP contribution in [0.15, 0.2) is 35.2 Å². The van der Waals surface area contributed by atoms with Crippen LogP contribution in [0.25, 0.3) is 0 Å². The first-order valence-corrected chi connectivity index (χ1v) is 9.46. The molecular weight excluding hydrogens is 330 g/mol. The fourth-order valence-electron chi connectivity index (χ4n) is 1.97. The molecule has 1 atom stereocenters. The van der Waals surface area contributed by atoms with E-state index in [-0.39, 0.29) is 4.90 Å². The maximum Gasteiger partial charge on any atom is 0.407 e. The second-order valence-electron chi connectivity index (χ2n) is 6.60. The van der Waals surface area contributed by atoms with Gasteiger partial charge < -0.3 is 10.1 Å². The highest BCUT2D eigenvalue weighted by atomic mass is 32.2. The van der Waals surface area contributed by atoms with Crippen LogP contribution in [0.3, 0.4) is 0 Å². The van der Waals surface area contributed by atoms with Crippen molar-refractivity contribution in [1.82, 2.24) is 5.32 Å². The lowest BCUT2D eigenvalue weighted by Gasteiger charge is -2.19. The maximum absolute atomic E-state index is 12.1. The first-order valence-electron chi connectivity index (χ1n) is 8.05. The number of rotatable bonds is 8. The summed E-state index contributed by atoms with van der Waals surface area (Å²) in [7, 11) is -3.73. The Morgan fingerprint density at radius 2 is 1.79 bits per heavy atom. The van der Waals surface area contributed by atoms with Gasteiger partial charge in [-0.2, -0.15) is 8.42 Å². The fraction of sp³-hybridized carbons (Fsp3) is 0.588. The van der Waals surface area contributed by atoms with Gasteiger partial charge in [-0.25, -0.2) is 4.79 Å². The van der Waals surface area contributed by atoms with Crippen molar-refractivity contribution in [3.05, 3.63) is 30.3 Å². The average Bonchev–Trinajstić information content (AvgIpc) is 2.45.